The van der Waals surface area contributed by atoms with E-state index in [1.807, 2.05) is 51.1 Å². The maximum Gasteiger partial charge on any atom is 0.193 e. The molecule has 1 fully saturated rings. The van der Waals surface area contributed by atoms with E-state index in [1.165, 1.54) is 0 Å². The molecule has 2 atom stereocenters. The van der Waals surface area contributed by atoms with Crippen molar-refractivity contribution < 1.29 is 9.84 Å². The first-order valence-electron chi connectivity index (χ1n) is 7.35. The van der Waals surface area contributed by atoms with E-state index in [-0.39, 0.29) is 42.0 Å². The van der Waals surface area contributed by atoms with E-state index in [2.05, 4.69) is 10.3 Å². The van der Waals surface area contributed by atoms with E-state index in [9.17, 15) is 5.11 Å². The van der Waals surface area contributed by atoms with Gasteiger partial charge < -0.3 is 20.9 Å². The highest BCUT2D eigenvalue weighted by Crippen LogP contribution is 2.51. The molecule has 0 aromatic heterocycles. The van der Waals surface area contributed by atoms with E-state index < -0.39 is 5.60 Å². The SMILES string of the molecule is CCOC1CC(O)(CN=C(N)Nc2ccccc2)C1(C)C.I. The Hall–Kier alpha value is -0.860. The topological polar surface area (TPSA) is 79.9 Å². The molecule has 0 spiro atoms. The van der Waals surface area contributed by atoms with Crippen molar-refractivity contribution in [1.29, 1.82) is 0 Å². The van der Waals surface area contributed by atoms with Crippen molar-refractivity contribution in [2.75, 3.05) is 18.5 Å². The lowest BCUT2D eigenvalue weighted by atomic mass is 9.56. The van der Waals surface area contributed by atoms with Gasteiger partial charge in [-0.2, -0.15) is 0 Å². The van der Waals surface area contributed by atoms with Crippen LogP contribution in [0.25, 0.3) is 0 Å². The average molecular weight is 419 g/mol. The van der Waals surface area contributed by atoms with E-state index in [0.29, 0.717) is 19.0 Å². The number of aliphatic imine (C=N–C) groups is 1. The average Bonchev–Trinajstić information content (AvgIpc) is 2.46. The quantitative estimate of drug-likeness (QED) is 0.390. The van der Waals surface area contributed by atoms with Crippen molar-refractivity contribution in [2.45, 2.75) is 38.9 Å². The van der Waals surface area contributed by atoms with Crippen LogP contribution in [0.4, 0.5) is 5.69 Å². The predicted octanol–water partition coefficient (Wildman–Crippen LogP) is 2.60. The fourth-order valence-corrected chi connectivity index (χ4v) is 2.66. The Balaban J connectivity index is 0.00000242. The molecule has 1 saturated carbocycles. The number of benzene rings is 1. The van der Waals surface area contributed by atoms with Gasteiger partial charge in [0.25, 0.3) is 0 Å². The van der Waals surface area contributed by atoms with Crippen molar-refractivity contribution in [3.63, 3.8) is 0 Å². The zero-order chi connectivity index (χ0) is 15.5. The molecule has 1 aliphatic rings. The largest absolute Gasteiger partial charge is 0.387 e. The van der Waals surface area contributed by atoms with Crippen LogP contribution in [0, 0.1) is 5.41 Å². The number of aliphatic hydroxyl groups is 1. The van der Waals surface area contributed by atoms with Gasteiger partial charge in [-0.3, -0.25) is 4.99 Å². The zero-order valence-electron chi connectivity index (χ0n) is 13.4. The highest BCUT2D eigenvalue weighted by molar-refractivity contribution is 14.0. The standard InChI is InChI=1S/C16H25N3O2.HI/c1-4-21-13-10-16(20,15(13,2)3)11-18-14(17)19-12-8-6-5-7-9-12;/h5-9,13,20H,4,10-11H2,1-3H3,(H3,17,18,19);1H. The minimum Gasteiger partial charge on any atom is -0.387 e. The molecule has 0 radical (unpaired) electrons. The zero-order valence-corrected chi connectivity index (χ0v) is 15.7. The fourth-order valence-electron chi connectivity index (χ4n) is 2.66. The molecular formula is C16H26IN3O2. The van der Waals surface area contributed by atoms with Crippen molar-refractivity contribution >= 4 is 35.6 Å². The van der Waals surface area contributed by atoms with Gasteiger partial charge in [0.2, 0.25) is 0 Å². The van der Waals surface area contributed by atoms with Gasteiger partial charge >= 0.3 is 0 Å². The van der Waals surface area contributed by atoms with Crippen LogP contribution in [0.3, 0.4) is 0 Å². The van der Waals surface area contributed by atoms with Crippen LogP contribution in [0.1, 0.15) is 27.2 Å². The monoisotopic (exact) mass is 419 g/mol. The Morgan fingerprint density at radius 1 is 1.41 bits per heavy atom. The Labute approximate surface area is 149 Å². The minimum absolute atomic E-state index is 0. The Morgan fingerprint density at radius 3 is 2.59 bits per heavy atom. The van der Waals surface area contributed by atoms with Gasteiger partial charge in [0.05, 0.1) is 18.2 Å². The van der Waals surface area contributed by atoms with Gasteiger partial charge in [0.15, 0.2) is 5.96 Å². The van der Waals surface area contributed by atoms with E-state index in [0.717, 1.165) is 5.69 Å². The number of nitrogens with one attached hydrogen (secondary N) is 1. The van der Waals surface area contributed by atoms with E-state index >= 15 is 0 Å². The number of nitrogens with two attached hydrogens (primary N) is 1. The van der Waals surface area contributed by atoms with Crippen LogP contribution in [0.15, 0.2) is 35.3 Å². The summed E-state index contributed by atoms with van der Waals surface area (Å²) in [5, 5.41) is 13.7. The van der Waals surface area contributed by atoms with Crippen molar-refractivity contribution in [1.82, 2.24) is 0 Å². The molecule has 6 heteroatoms. The highest BCUT2D eigenvalue weighted by atomic mass is 127. The molecule has 22 heavy (non-hydrogen) atoms. The van der Waals surface area contributed by atoms with E-state index in [4.69, 9.17) is 10.5 Å². The molecule has 5 nitrogen and oxygen atoms in total. The molecule has 0 saturated heterocycles. The molecule has 2 rings (SSSR count). The molecular weight excluding hydrogens is 393 g/mol. The lowest BCUT2D eigenvalue weighted by Gasteiger charge is -2.57. The third-order valence-electron chi connectivity index (χ3n) is 4.45. The number of nitrogens with zero attached hydrogens (tertiary/aromatic N) is 1. The second kappa shape index (κ2) is 7.61. The van der Waals surface area contributed by atoms with Crippen LogP contribution in [-0.4, -0.2) is 35.9 Å². The van der Waals surface area contributed by atoms with Crippen LogP contribution >= 0.6 is 24.0 Å². The van der Waals surface area contributed by atoms with Gasteiger partial charge in [0.1, 0.15) is 0 Å². The number of hydrogen-bond donors (Lipinski definition) is 3. The summed E-state index contributed by atoms with van der Waals surface area (Å²) in [5.74, 6) is 0.310. The van der Waals surface area contributed by atoms with E-state index in [1.54, 1.807) is 0 Å². The number of guanidine groups is 1. The van der Waals surface area contributed by atoms with Gasteiger partial charge in [-0.15, -0.1) is 24.0 Å². The molecule has 0 aliphatic heterocycles. The summed E-state index contributed by atoms with van der Waals surface area (Å²) in [6.45, 7) is 6.91. The number of ether oxygens (including phenoxy) is 1. The second-order valence-corrected chi connectivity index (χ2v) is 6.09. The normalized spacial score (nSPS) is 26.7. The summed E-state index contributed by atoms with van der Waals surface area (Å²) in [6.07, 6.45) is 0.668. The summed E-state index contributed by atoms with van der Waals surface area (Å²) < 4.78 is 5.64. The number of hydrogen-bond acceptors (Lipinski definition) is 3. The summed E-state index contributed by atoms with van der Waals surface area (Å²) in [7, 11) is 0. The number of para-hydroxylation sites is 1. The summed E-state index contributed by atoms with van der Waals surface area (Å²) in [5.41, 5.74) is 5.57. The van der Waals surface area contributed by atoms with Crippen LogP contribution in [0.5, 0.6) is 0 Å². The van der Waals surface area contributed by atoms with Crippen molar-refractivity contribution in [3.05, 3.63) is 30.3 Å². The van der Waals surface area contributed by atoms with Gasteiger partial charge in [-0.1, -0.05) is 32.0 Å². The van der Waals surface area contributed by atoms with Gasteiger partial charge in [-0.05, 0) is 19.1 Å². The fraction of sp³-hybridized carbons (Fsp3) is 0.562. The number of halogens is 1. The third kappa shape index (κ3) is 3.91. The molecule has 1 aromatic carbocycles. The first-order chi connectivity index (χ1) is 9.89. The summed E-state index contributed by atoms with van der Waals surface area (Å²) in [4.78, 5) is 4.28. The Bertz CT molecular complexity index is 507. The second-order valence-electron chi connectivity index (χ2n) is 6.09. The van der Waals surface area contributed by atoms with Crippen LogP contribution in [0.2, 0.25) is 0 Å². The molecule has 0 amide bonds. The number of rotatable bonds is 5. The summed E-state index contributed by atoms with van der Waals surface area (Å²) >= 11 is 0. The molecule has 124 valence electrons. The molecule has 1 aromatic rings. The minimum atomic E-state index is -0.865. The first kappa shape index (κ1) is 19.2. The predicted molar refractivity (Wildman–Crippen MR) is 101 cm³/mol. The number of anilines is 1. The molecule has 0 bridgehead atoms. The smallest absolute Gasteiger partial charge is 0.193 e. The molecule has 0 heterocycles. The van der Waals surface area contributed by atoms with Gasteiger partial charge in [-0.25, -0.2) is 0 Å². The lowest BCUT2D eigenvalue weighted by molar-refractivity contribution is -0.235. The van der Waals surface area contributed by atoms with Crippen LogP contribution < -0.4 is 11.1 Å². The van der Waals surface area contributed by atoms with Gasteiger partial charge in [0, 0.05) is 24.1 Å². The summed E-state index contributed by atoms with van der Waals surface area (Å²) in [6, 6.07) is 9.60. The maximum absolute atomic E-state index is 10.7. The first-order valence-corrected chi connectivity index (χ1v) is 7.35. The molecule has 2 unspecified atom stereocenters. The maximum atomic E-state index is 10.7. The highest BCUT2D eigenvalue weighted by Gasteiger charge is 2.59. The lowest BCUT2D eigenvalue weighted by Crippen LogP contribution is -2.66. The van der Waals surface area contributed by atoms with Crippen LogP contribution in [-0.2, 0) is 4.74 Å². The van der Waals surface area contributed by atoms with Crippen molar-refractivity contribution in [2.24, 2.45) is 16.1 Å². The Morgan fingerprint density at radius 2 is 2.05 bits per heavy atom. The molecule has 4 N–H and O–H groups in total. The third-order valence-corrected chi connectivity index (χ3v) is 4.45. The molecule has 1 aliphatic carbocycles. The van der Waals surface area contributed by atoms with Crippen molar-refractivity contribution in [3.8, 4) is 0 Å². The Kier molecular flexibility index (Phi) is 6.64.